The van der Waals surface area contributed by atoms with Crippen LogP contribution in [0.15, 0.2) is 30.6 Å². The zero-order valence-electron chi connectivity index (χ0n) is 11.5. The summed E-state index contributed by atoms with van der Waals surface area (Å²) in [6, 6.07) is 7.40. The molecule has 2 atom stereocenters. The number of hydrogen-bond acceptors (Lipinski definition) is 5. The van der Waals surface area contributed by atoms with Crippen molar-refractivity contribution in [2.75, 3.05) is 26.2 Å². The van der Waals surface area contributed by atoms with Crippen LogP contribution in [0.1, 0.15) is 10.4 Å². The highest BCUT2D eigenvalue weighted by molar-refractivity contribution is 5.94. The van der Waals surface area contributed by atoms with Crippen molar-refractivity contribution < 1.29 is 4.79 Å². The van der Waals surface area contributed by atoms with Gasteiger partial charge in [-0.1, -0.05) is 0 Å². The molecule has 0 saturated carbocycles. The van der Waals surface area contributed by atoms with Crippen LogP contribution in [0.5, 0.6) is 0 Å². The van der Waals surface area contributed by atoms with Gasteiger partial charge >= 0.3 is 0 Å². The number of carbonyl (C=O) groups excluding carboxylic acids is 1. The molecule has 3 heterocycles. The van der Waals surface area contributed by atoms with Gasteiger partial charge in [0.05, 0.1) is 5.69 Å². The fraction of sp³-hybridized carbons (Fsp3) is 0.429. The molecule has 1 amide bonds. The number of tetrazole rings is 1. The number of aromatic nitrogens is 4. The van der Waals surface area contributed by atoms with Gasteiger partial charge in [-0.2, -0.15) is 0 Å². The average Bonchev–Trinajstić information content (AvgIpc) is 3.23. The van der Waals surface area contributed by atoms with E-state index >= 15 is 0 Å². The number of likely N-dealkylation sites (tertiary alicyclic amines) is 1. The Hall–Kier alpha value is -2.28. The van der Waals surface area contributed by atoms with Gasteiger partial charge in [-0.3, -0.25) is 4.79 Å². The molecule has 1 N–H and O–H groups in total. The maximum absolute atomic E-state index is 12.5. The second-order valence-corrected chi connectivity index (χ2v) is 5.69. The topological polar surface area (TPSA) is 75.9 Å². The van der Waals surface area contributed by atoms with Crippen LogP contribution < -0.4 is 5.32 Å². The van der Waals surface area contributed by atoms with Gasteiger partial charge in [0.25, 0.3) is 5.91 Å². The normalized spacial score (nSPS) is 24.3. The predicted molar refractivity (Wildman–Crippen MR) is 74.9 cm³/mol. The molecule has 7 heteroatoms. The molecule has 0 aliphatic carbocycles. The first kappa shape index (κ1) is 12.5. The highest BCUT2D eigenvalue weighted by Crippen LogP contribution is 2.27. The van der Waals surface area contributed by atoms with Gasteiger partial charge in [-0.15, -0.1) is 5.10 Å². The molecule has 1 aromatic carbocycles. The lowest BCUT2D eigenvalue weighted by Gasteiger charge is -2.17. The Labute approximate surface area is 121 Å². The molecule has 21 heavy (non-hydrogen) atoms. The van der Waals surface area contributed by atoms with Gasteiger partial charge in [0.2, 0.25) is 0 Å². The lowest BCUT2D eigenvalue weighted by atomic mass is 10.0. The summed E-state index contributed by atoms with van der Waals surface area (Å²) in [7, 11) is 0. The van der Waals surface area contributed by atoms with Gasteiger partial charge in [-0.05, 0) is 46.5 Å². The van der Waals surface area contributed by atoms with E-state index in [4.69, 9.17) is 0 Å². The van der Waals surface area contributed by atoms with Crippen molar-refractivity contribution in [3.05, 3.63) is 36.2 Å². The minimum atomic E-state index is 0.118. The molecule has 4 rings (SSSR count). The van der Waals surface area contributed by atoms with Crippen molar-refractivity contribution in [2.45, 2.75) is 0 Å². The van der Waals surface area contributed by atoms with E-state index < -0.39 is 0 Å². The third kappa shape index (κ3) is 2.19. The van der Waals surface area contributed by atoms with Crippen molar-refractivity contribution in [3.8, 4) is 5.69 Å². The molecule has 2 saturated heterocycles. The first-order valence-corrected chi connectivity index (χ1v) is 7.14. The van der Waals surface area contributed by atoms with Gasteiger partial charge in [0.1, 0.15) is 6.33 Å². The largest absolute Gasteiger partial charge is 0.338 e. The number of fused-ring (bicyclic) bond motifs is 1. The molecule has 0 spiro atoms. The molecule has 2 aromatic rings. The Morgan fingerprint density at radius 2 is 1.86 bits per heavy atom. The first-order chi connectivity index (χ1) is 10.3. The maximum Gasteiger partial charge on any atom is 0.253 e. The summed E-state index contributed by atoms with van der Waals surface area (Å²) in [5, 5.41) is 14.4. The van der Waals surface area contributed by atoms with Crippen molar-refractivity contribution >= 4 is 5.91 Å². The zero-order chi connectivity index (χ0) is 14.2. The second kappa shape index (κ2) is 4.92. The summed E-state index contributed by atoms with van der Waals surface area (Å²) >= 11 is 0. The Balaban J connectivity index is 1.50. The van der Waals surface area contributed by atoms with Gasteiger partial charge in [0, 0.05) is 31.7 Å². The molecular formula is C14H16N6O. The number of rotatable bonds is 2. The summed E-state index contributed by atoms with van der Waals surface area (Å²) in [5.74, 6) is 1.36. The molecule has 1 aromatic heterocycles. The van der Waals surface area contributed by atoms with E-state index in [-0.39, 0.29) is 5.91 Å². The molecule has 2 fully saturated rings. The summed E-state index contributed by atoms with van der Waals surface area (Å²) < 4.78 is 1.57. The summed E-state index contributed by atoms with van der Waals surface area (Å²) in [6.07, 6.45) is 1.53. The molecule has 108 valence electrons. The molecule has 7 nitrogen and oxygen atoms in total. The quantitative estimate of drug-likeness (QED) is 0.837. The third-order valence-corrected chi connectivity index (χ3v) is 4.40. The Morgan fingerprint density at radius 3 is 2.48 bits per heavy atom. The fourth-order valence-corrected chi connectivity index (χ4v) is 3.24. The minimum absolute atomic E-state index is 0.118. The number of nitrogens with one attached hydrogen (secondary N) is 1. The Morgan fingerprint density at radius 1 is 1.14 bits per heavy atom. The van der Waals surface area contributed by atoms with Crippen LogP contribution >= 0.6 is 0 Å². The van der Waals surface area contributed by atoms with Crippen LogP contribution in [0.4, 0.5) is 0 Å². The smallest absolute Gasteiger partial charge is 0.253 e. The zero-order valence-corrected chi connectivity index (χ0v) is 11.5. The molecule has 2 aliphatic rings. The van der Waals surface area contributed by atoms with Crippen LogP contribution in [0.25, 0.3) is 5.69 Å². The molecule has 0 radical (unpaired) electrons. The minimum Gasteiger partial charge on any atom is -0.338 e. The maximum atomic E-state index is 12.5. The SMILES string of the molecule is O=C(c1ccc(-n2cnnn2)cc1)N1CC2CNCC2C1. The highest BCUT2D eigenvalue weighted by atomic mass is 16.2. The number of carbonyl (C=O) groups is 1. The van der Waals surface area contributed by atoms with Crippen LogP contribution in [-0.4, -0.2) is 57.2 Å². The average molecular weight is 284 g/mol. The van der Waals surface area contributed by atoms with E-state index in [2.05, 4.69) is 20.8 Å². The Bertz CT molecular complexity index is 626. The molecular weight excluding hydrogens is 268 g/mol. The van der Waals surface area contributed by atoms with Crippen LogP contribution in [0, 0.1) is 11.8 Å². The molecule has 2 unspecified atom stereocenters. The Kier molecular flexibility index (Phi) is 2.92. The summed E-state index contributed by atoms with van der Waals surface area (Å²) in [6.45, 7) is 3.80. The fourth-order valence-electron chi connectivity index (χ4n) is 3.24. The number of benzene rings is 1. The second-order valence-electron chi connectivity index (χ2n) is 5.69. The van der Waals surface area contributed by atoms with E-state index in [0.717, 1.165) is 37.4 Å². The monoisotopic (exact) mass is 284 g/mol. The van der Waals surface area contributed by atoms with Crippen molar-refractivity contribution in [3.63, 3.8) is 0 Å². The lowest BCUT2D eigenvalue weighted by molar-refractivity contribution is 0.0781. The van der Waals surface area contributed by atoms with Gasteiger partial charge in [0.15, 0.2) is 0 Å². The van der Waals surface area contributed by atoms with Gasteiger partial charge in [-0.25, -0.2) is 4.68 Å². The predicted octanol–water partition coefficient (Wildman–Crippen LogP) is -0.0463. The van der Waals surface area contributed by atoms with E-state index in [1.165, 1.54) is 6.33 Å². The molecule has 0 bridgehead atoms. The van der Waals surface area contributed by atoms with Gasteiger partial charge < -0.3 is 10.2 Å². The summed E-state index contributed by atoms with van der Waals surface area (Å²) in [5.41, 5.74) is 1.57. The summed E-state index contributed by atoms with van der Waals surface area (Å²) in [4.78, 5) is 14.5. The van der Waals surface area contributed by atoms with Crippen molar-refractivity contribution in [1.29, 1.82) is 0 Å². The van der Waals surface area contributed by atoms with Crippen molar-refractivity contribution in [2.24, 2.45) is 11.8 Å². The molecule has 2 aliphatic heterocycles. The van der Waals surface area contributed by atoms with Crippen LogP contribution in [0.2, 0.25) is 0 Å². The van der Waals surface area contributed by atoms with E-state index in [1.807, 2.05) is 29.2 Å². The highest BCUT2D eigenvalue weighted by Gasteiger charge is 2.38. The van der Waals surface area contributed by atoms with E-state index in [1.54, 1.807) is 4.68 Å². The number of amides is 1. The van der Waals surface area contributed by atoms with Crippen LogP contribution in [0.3, 0.4) is 0 Å². The van der Waals surface area contributed by atoms with Crippen molar-refractivity contribution in [1.82, 2.24) is 30.4 Å². The third-order valence-electron chi connectivity index (χ3n) is 4.40. The standard InChI is InChI=1S/C14H16N6O/c21-14(19-7-11-5-15-6-12(11)8-19)10-1-3-13(4-2-10)20-9-16-17-18-20/h1-4,9,11-12,15H,5-8H2. The van der Waals surface area contributed by atoms with Crippen LogP contribution in [-0.2, 0) is 0 Å². The van der Waals surface area contributed by atoms with E-state index in [9.17, 15) is 4.79 Å². The van der Waals surface area contributed by atoms with E-state index in [0.29, 0.717) is 11.8 Å². The number of hydrogen-bond donors (Lipinski definition) is 1. The number of nitrogens with zero attached hydrogens (tertiary/aromatic N) is 5. The lowest BCUT2D eigenvalue weighted by Crippen LogP contribution is -2.31. The first-order valence-electron chi connectivity index (χ1n) is 7.14.